The summed E-state index contributed by atoms with van der Waals surface area (Å²) < 4.78 is 7.36. The second-order valence-electron chi connectivity index (χ2n) is 3.59. The Labute approximate surface area is 113 Å². The van der Waals surface area contributed by atoms with Gasteiger partial charge in [0.15, 0.2) is 0 Å². The first-order chi connectivity index (χ1) is 8.70. The second-order valence-corrected chi connectivity index (χ2v) is 4.51. The zero-order valence-corrected chi connectivity index (χ0v) is 11.3. The molecule has 0 atom stereocenters. The number of hydrogen-bond acceptors (Lipinski definition) is 3. The Bertz CT molecular complexity index is 540. The Balaban J connectivity index is 2.32. The molecule has 0 radical (unpaired) electrons. The summed E-state index contributed by atoms with van der Waals surface area (Å²) in [6.45, 7) is 0.0189. The zero-order chi connectivity index (χ0) is 13.0. The van der Waals surface area contributed by atoms with Crippen molar-refractivity contribution < 1.29 is 9.53 Å². The molecule has 0 fully saturated rings. The number of carbonyl (C=O) groups is 1. The molecule has 0 saturated heterocycles. The van der Waals surface area contributed by atoms with Gasteiger partial charge in [0.2, 0.25) is 5.91 Å². The Morgan fingerprint density at radius 3 is 3.06 bits per heavy atom. The molecule has 0 spiro atoms. The molecule has 2 aromatic rings. The van der Waals surface area contributed by atoms with Crippen LogP contribution < -0.4 is 5.32 Å². The molecule has 0 unspecified atom stereocenters. The lowest BCUT2D eigenvalue weighted by atomic mass is 10.2. The molecule has 1 aromatic heterocycles. The van der Waals surface area contributed by atoms with E-state index in [4.69, 9.17) is 4.74 Å². The van der Waals surface area contributed by atoms with Crippen molar-refractivity contribution in [3.63, 3.8) is 0 Å². The number of amides is 1. The van der Waals surface area contributed by atoms with Gasteiger partial charge in [-0.25, -0.2) is 4.68 Å². The first kappa shape index (κ1) is 12.8. The van der Waals surface area contributed by atoms with Crippen LogP contribution in [-0.4, -0.2) is 29.4 Å². The number of hydrogen-bond donors (Lipinski definition) is 1. The van der Waals surface area contributed by atoms with Gasteiger partial charge in [0, 0.05) is 24.0 Å². The molecule has 1 amide bonds. The van der Waals surface area contributed by atoms with E-state index in [9.17, 15) is 4.79 Å². The van der Waals surface area contributed by atoms with Crippen LogP contribution in [0.4, 0.5) is 5.69 Å². The van der Waals surface area contributed by atoms with Crippen LogP contribution in [0, 0.1) is 0 Å². The minimum absolute atomic E-state index is 0.0189. The summed E-state index contributed by atoms with van der Waals surface area (Å²) in [5.74, 6) is -0.205. The third kappa shape index (κ3) is 2.96. The number of aromatic nitrogens is 2. The average Bonchev–Trinajstić information content (AvgIpc) is 2.83. The molecule has 1 aromatic carbocycles. The molecule has 5 nitrogen and oxygen atoms in total. The summed E-state index contributed by atoms with van der Waals surface area (Å²) in [4.78, 5) is 11.6. The van der Waals surface area contributed by atoms with E-state index in [1.807, 2.05) is 30.5 Å². The van der Waals surface area contributed by atoms with Crippen molar-refractivity contribution >= 4 is 27.5 Å². The van der Waals surface area contributed by atoms with Crippen LogP contribution in [0.15, 0.2) is 41.1 Å². The quantitative estimate of drug-likeness (QED) is 0.942. The lowest BCUT2D eigenvalue weighted by Crippen LogP contribution is -2.18. The molecule has 2 rings (SSSR count). The SMILES string of the molecule is COCC(=O)Nc1cc(Br)ccc1-n1cccn1. The minimum Gasteiger partial charge on any atom is -0.375 e. The predicted octanol–water partition coefficient (Wildman–Crippen LogP) is 2.22. The highest BCUT2D eigenvalue weighted by Crippen LogP contribution is 2.24. The average molecular weight is 310 g/mol. The van der Waals surface area contributed by atoms with Gasteiger partial charge in [-0.1, -0.05) is 15.9 Å². The number of nitrogens with zero attached hydrogens (tertiary/aromatic N) is 2. The van der Waals surface area contributed by atoms with Crippen LogP contribution in [0.25, 0.3) is 5.69 Å². The van der Waals surface area contributed by atoms with E-state index >= 15 is 0 Å². The Kier molecular flexibility index (Phi) is 4.11. The number of ether oxygens (including phenoxy) is 1. The normalized spacial score (nSPS) is 10.3. The topological polar surface area (TPSA) is 56.1 Å². The van der Waals surface area contributed by atoms with Gasteiger partial charge in [0.05, 0.1) is 11.4 Å². The van der Waals surface area contributed by atoms with E-state index in [0.29, 0.717) is 5.69 Å². The molecule has 0 bridgehead atoms. The molecule has 6 heteroatoms. The fraction of sp³-hybridized carbons (Fsp3) is 0.167. The van der Waals surface area contributed by atoms with E-state index in [1.54, 1.807) is 10.9 Å². The number of anilines is 1. The van der Waals surface area contributed by atoms with Gasteiger partial charge in [-0.15, -0.1) is 0 Å². The van der Waals surface area contributed by atoms with E-state index < -0.39 is 0 Å². The monoisotopic (exact) mass is 309 g/mol. The van der Waals surface area contributed by atoms with Gasteiger partial charge in [-0.05, 0) is 24.3 Å². The van der Waals surface area contributed by atoms with Gasteiger partial charge in [0.25, 0.3) is 0 Å². The Morgan fingerprint density at radius 1 is 1.56 bits per heavy atom. The fourth-order valence-corrected chi connectivity index (χ4v) is 1.90. The fourth-order valence-electron chi connectivity index (χ4n) is 1.54. The number of nitrogens with one attached hydrogen (secondary N) is 1. The Hall–Kier alpha value is -1.66. The van der Waals surface area contributed by atoms with Crippen molar-refractivity contribution in [2.24, 2.45) is 0 Å². The molecular formula is C12H12BrN3O2. The maximum Gasteiger partial charge on any atom is 0.250 e. The van der Waals surface area contributed by atoms with E-state index in [1.165, 1.54) is 7.11 Å². The highest BCUT2D eigenvalue weighted by molar-refractivity contribution is 9.10. The molecule has 0 saturated carbocycles. The first-order valence-corrected chi connectivity index (χ1v) is 6.08. The first-order valence-electron chi connectivity index (χ1n) is 5.29. The van der Waals surface area contributed by atoms with Crippen molar-refractivity contribution in [2.45, 2.75) is 0 Å². The standard InChI is InChI=1S/C12H12BrN3O2/c1-18-8-12(17)15-10-7-9(13)3-4-11(10)16-6-2-5-14-16/h2-7H,8H2,1H3,(H,15,17). The summed E-state index contributed by atoms with van der Waals surface area (Å²) in [5.41, 5.74) is 1.47. The van der Waals surface area contributed by atoms with E-state index in [-0.39, 0.29) is 12.5 Å². The molecule has 18 heavy (non-hydrogen) atoms. The maximum atomic E-state index is 11.6. The number of carbonyl (C=O) groups excluding carboxylic acids is 1. The van der Waals surface area contributed by atoms with Crippen LogP contribution in [0.3, 0.4) is 0 Å². The minimum atomic E-state index is -0.205. The summed E-state index contributed by atoms with van der Waals surface area (Å²) in [6.07, 6.45) is 3.50. The zero-order valence-electron chi connectivity index (χ0n) is 9.76. The molecule has 94 valence electrons. The molecule has 0 aliphatic rings. The lowest BCUT2D eigenvalue weighted by molar-refractivity contribution is -0.119. The van der Waals surface area contributed by atoms with E-state index in [0.717, 1.165) is 10.2 Å². The number of benzene rings is 1. The summed E-state index contributed by atoms with van der Waals surface area (Å²) >= 11 is 3.38. The molecule has 0 aliphatic heterocycles. The van der Waals surface area contributed by atoms with Gasteiger partial charge < -0.3 is 10.1 Å². The largest absolute Gasteiger partial charge is 0.375 e. The smallest absolute Gasteiger partial charge is 0.250 e. The number of halogens is 1. The summed E-state index contributed by atoms with van der Waals surface area (Å²) in [5, 5.41) is 6.93. The van der Waals surface area contributed by atoms with Crippen LogP contribution in [0.5, 0.6) is 0 Å². The van der Waals surface area contributed by atoms with Crippen LogP contribution in [-0.2, 0) is 9.53 Å². The highest BCUT2D eigenvalue weighted by Gasteiger charge is 2.09. The molecular weight excluding hydrogens is 298 g/mol. The van der Waals surface area contributed by atoms with Crippen molar-refractivity contribution in [3.8, 4) is 5.69 Å². The molecule has 1 N–H and O–H groups in total. The number of rotatable bonds is 4. The Morgan fingerprint density at radius 2 is 2.39 bits per heavy atom. The van der Waals surface area contributed by atoms with Crippen molar-refractivity contribution in [3.05, 3.63) is 41.1 Å². The maximum absolute atomic E-state index is 11.6. The molecule has 0 aliphatic carbocycles. The lowest BCUT2D eigenvalue weighted by Gasteiger charge is -2.11. The second kappa shape index (κ2) is 5.79. The van der Waals surface area contributed by atoms with Crippen LogP contribution >= 0.6 is 15.9 Å². The van der Waals surface area contributed by atoms with Gasteiger partial charge in [0.1, 0.15) is 6.61 Å². The highest BCUT2D eigenvalue weighted by atomic mass is 79.9. The third-order valence-electron chi connectivity index (χ3n) is 2.26. The van der Waals surface area contributed by atoms with Crippen molar-refractivity contribution in [2.75, 3.05) is 19.0 Å². The van der Waals surface area contributed by atoms with Gasteiger partial charge >= 0.3 is 0 Å². The summed E-state index contributed by atoms with van der Waals surface area (Å²) in [6, 6.07) is 7.41. The number of methoxy groups -OCH3 is 1. The molecule has 1 heterocycles. The van der Waals surface area contributed by atoms with Gasteiger partial charge in [-0.2, -0.15) is 5.10 Å². The van der Waals surface area contributed by atoms with Crippen molar-refractivity contribution in [1.29, 1.82) is 0 Å². The van der Waals surface area contributed by atoms with E-state index in [2.05, 4.69) is 26.3 Å². The van der Waals surface area contributed by atoms with Crippen molar-refractivity contribution in [1.82, 2.24) is 9.78 Å². The summed E-state index contributed by atoms with van der Waals surface area (Å²) in [7, 11) is 1.48. The van der Waals surface area contributed by atoms with Gasteiger partial charge in [-0.3, -0.25) is 4.79 Å². The predicted molar refractivity (Wildman–Crippen MR) is 71.8 cm³/mol. The van der Waals surface area contributed by atoms with Crippen LogP contribution in [0.1, 0.15) is 0 Å². The third-order valence-corrected chi connectivity index (χ3v) is 2.75. The van der Waals surface area contributed by atoms with Crippen LogP contribution in [0.2, 0.25) is 0 Å².